The van der Waals surface area contributed by atoms with E-state index >= 15 is 0 Å². The van der Waals surface area contributed by atoms with Gasteiger partial charge in [-0.05, 0) is 51.0 Å². The third kappa shape index (κ3) is 3.66. The van der Waals surface area contributed by atoms with Crippen molar-refractivity contribution in [3.63, 3.8) is 0 Å². The monoisotopic (exact) mass is 360 g/mol. The smallest absolute Gasteiger partial charge is 0.243 e. The Morgan fingerprint density at radius 2 is 2.00 bits per heavy atom. The van der Waals surface area contributed by atoms with E-state index in [0.717, 1.165) is 63.5 Å². The molecule has 0 N–H and O–H groups in total. The minimum absolute atomic E-state index is 0.223. The van der Waals surface area contributed by atoms with E-state index in [2.05, 4.69) is 27.0 Å². The predicted molar refractivity (Wildman–Crippen MR) is 98.5 cm³/mol. The molecule has 1 spiro atoms. The summed E-state index contributed by atoms with van der Waals surface area (Å²) >= 11 is 0. The number of carbonyl (C=O) groups is 1. The first-order valence-corrected chi connectivity index (χ1v) is 10.3. The Bertz CT molecular complexity index is 630. The van der Waals surface area contributed by atoms with Gasteiger partial charge in [-0.25, -0.2) is 0 Å². The molecule has 0 bridgehead atoms. The van der Waals surface area contributed by atoms with E-state index in [-0.39, 0.29) is 6.04 Å². The molecule has 1 atom stereocenters. The first-order valence-electron chi connectivity index (χ1n) is 10.3. The fourth-order valence-corrected chi connectivity index (χ4v) is 5.37. The summed E-state index contributed by atoms with van der Waals surface area (Å²) in [7, 11) is 2.15. The van der Waals surface area contributed by atoms with Gasteiger partial charge in [-0.3, -0.25) is 9.69 Å². The lowest BCUT2D eigenvalue weighted by Gasteiger charge is -2.39. The van der Waals surface area contributed by atoms with Crippen LogP contribution in [0.5, 0.6) is 0 Å². The fourth-order valence-electron chi connectivity index (χ4n) is 5.37. The molecule has 26 heavy (non-hydrogen) atoms. The highest BCUT2D eigenvalue weighted by molar-refractivity contribution is 5.76. The van der Waals surface area contributed by atoms with Gasteiger partial charge < -0.3 is 9.42 Å². The molecule has 1 unspecified atom stereocenters. The largest absolute Gasteiger partial charge is 0.343 e. The van der Waals surface area contributed by atoms with Crippen LogP contribution in [0.3, 0.4) is 0 Å². The summed E-state index contributed by atoms with van der Waals surface area (Å²) in [6.45, 7) is 4.75. The van der Waals surface area contributed by atoms with Crippen LogP contribution in [0.4, 0.5) is 0 Å². The number of aromatic nitrogens is 2. The summed E-state index contributed by atoms with van der Waals surface area (Å²) in [6, 6.07) is 0.223. The molecular weight excluding hydrogens is 328 g/mol. The van der Waals surface area contributed by atoms with Crippen LogP contribution in [0.25, 0.3) is 0 Å². The summed E-state index contributed by atoms with van der Waals surface area (Å²) < 4.78 is 5.43. The number of carbonyl (C=O) groups excluding carboxylic acids is 1. The molecule has 1 aliphatic carbocycles. The van der Waals surface area contributed by atoms with Gasteiger partial charge in [0.05, 0.1) is 6.04 Å². The van der Waals surface area contributed by atoms with Crippen molar-refractivity contribution >= 4 is 5.91 Å². The van der Waals surface area contributed by atoms with E-state index in [4.69, 9.17) is 4.52 Å². The molecule has 0 aromatic carbocycles. The van der Waals surface area contributed by atoms with Crippen molar-refractivity contribution in [3.8, 4) is 0 Å². The van der Waals surface area contributed by atoms with Crippen LogP contribution >= 0.6 is 0 Å². The maximum atomic E-state index is 12.6. The van der Waals surface area contributed by atoms with Gasteiger partial charge in [-0.2, -0.15) is 4.98 Å². The van der Waals surface area contributed by atoms with E-state index in [1.165, 1.54) is 25.7 Å². The normalized spacial score (nSPS) is 26.8. The summed E-state index contributed by atoms with van der Waals surface area (Å²) in [4.78, 5) is 21.5. The zero-order chi connectivity index (χ0) is 18.1. The number of hydrogen-bond donors (Lipinski definition) is 0. The molecule has 1 aromatic heterocycles. The molecule has 3 aliphatic rings. The van der Waals surface area contributed by atoms with Crippen molar-refractivity contribution in [2.45, 2.75) is 70.8 Å². The van der Waals surface area contributed by atoms with Crippen molar-refractivity contribution < 1.29 is 9.32 Å². The molecular formula is C20H32N4O2. The second-order valence-electron chi connectivity index (χ2n) is 8.88. The molecule has 3 fully saturated rings. The number of nitrogens with zero attached hydrogens (tertiary/aromatic N) is 4. The van der Waals surface area contributed by atoms with Gasteiger partial charge in [0, 0.05) is 26.1 Å². The molecule has 144 valence electrons. The molecule has 2 saturated heterocycles. The van der Waals surface area contributed by atoms with E-state index in [0.29, 0.717) is 17.1 Å². The SMILES string of the molecule is Cc1noc(C2CC3(CCN(C(=O)CCC4CCCC4)CC3)CN2C)n1. The quantitative estimate of drug-likeness (QED) is 0.824. The Morgan fingerprint density at radius 3 is 2.65 bits per heavy atom. The standard InChI is InChI=1S/C20H32N4O2/c1-15-21-19(26-22-15)17-13-20(14-23(17)2)9-11-24(12-10-20)18(25)8-7-16-5-3-4-6-16/h16-17H,3-14H2,1-2H3. The van der Waals surface area contributed by atoms with E-state index in [1.807, 2.05) is 6.92 Å². The second kappa shape index (κ2) is 7.29. The van der Waals surface area contributed by atoms with Crippen LogP contribution in [0.2, 0.25) is 0 Å². The van der Waals surface area contributed by atoms with E-state index in [1.54, 1.807) is 0 Å². The minimum Gasteiger partial charge on any atom is -0.343 e. The maximum Gasteiger partial charge on any atom is 0.243 e. The molecule has 2 aliphatic heterocycles. The Morgan fingerprint density at radius 1 is 1.27 bits per heavy atom. The summed E-state index contributed by atoms with van der Waals surface area (Å²) in [5, 5.41) is 3.95. The fraction of sp³-hybridized carbons (Fsp3) is 0.850. The zero-order valence-corrected chi connectivity index (χ0v) is 16.2. The Hall–Kier alpha value is -1.43. The first-order chi connectivity index (χ1) is 12.5. The van der Waals surface area contributed by atoms with Crippen molar-refractivity contribution in [1.29, 1.82) is 0 Å². The van der Waals surface area contributed by atoms with E-state index in [9.17, 15) is 4.79 Å². The first kappa shape index (κ1) is 18.0. The van der Waals surface area contributed by atoms with Crippen molar-refractivity contribution in [2.75, 3.05) is 26.7 Å². The lowest BCUT2D eigenvalue weighted by atomic mass is 9.76. The summed E-state index contributed by atoms with van der Waals surface area (Å²) in [6.07, 6.45) is 10.5. The topological polar surface area (TPSA) is 62.5 Å². The highest BCUT2D eigenvalue weighted by atomic mass is 16.5. The molecule has 1 amide bonds. The molecule has 1 saturated carbocycles. The van der Waals surface area contributed by atoms with E-state index < -0.39 is 0 Å². The molecule has 6 heteroatoms. The Balaban J connectivity index is 1.29. The molecule has 1 aromatic rings. The Kier molecular flexibility index (Phi) is 5.04. The van der Waals surface area contributed by atoms with Gasteiger partial charge in [0.15, 0.2) is 5.82 Å². The molecule has 0 radical (unpaired) electrons. The van der Waals surface area contributed by atoms with Crippen LogP contribution in [0.15, 0.2) is 4.52 Å². The number of amides is 1. The average molecular weight is 361 g/mol. The summed E-state index contributed by atoms with van der Waals surface area (Å²) in [5.74, 6) is 2.63. The van der Waals surface area contributed by atoms with Crippen LogP contribution in [-0.4, -0.2) is 52.5 Å². The minimum atomic E-state index is 0.223. The van der Waals surface area contributed by atoms with Crippen molar-refractivity contribution in [1.82, 2.24) is 19.9 Å². The number of rotatable bonds is 4. The van der Waals surface area contributed by atoms with Crippen molar-refractivity contribution in [3.05, 3.63) is 11.7 Å². The van der Waals surface area contributed by atoms with Gasteiger partial charge in [-0.15, -0.1) is 0 Å². The summed E-state index contributed by atoms with van der Waals surface area (Å²) in [5.41, 5.74) is 0.296. The Labute approximate surface area is 156 Å². The predicted octanol–water partition coefficient (Wildman–Crippen LogP) is 3.33. The third-order valence-corrected chi connectivity index (χ3v) is 6.99. The zero-order valence-electron chi connectivity index (χ0n) is 16.2. The van der Waals surface area contributed by atoms with Gasteiger partial charge in [-0.1, -0.05) is 30.8 Å². The van der Waals surface area contributed by atoms with Gasteiger partial charge in [0.2, 0.25) is 11.8 Å². The average Bonchev–Trinajstić information content (AvgIpc) is 3.35. The molecule has 4 rings (SSSR count). The van der Waals surface area contributed by atoms with Crippen LogP contribution < -0.4 is 0 Å². The highest BCUT2D eigenvalue weighted by Gasteiger charge is 2.46. The lowest BCUT2D eigenvalue weighted by molar-refractivity contribution is -0.133. The van der Waals surface area contributed by atoms with Crippen molar-refractivity contribution in [2.24, 2.45) is 11.3 Å². The molecule has 6 nitrogen and oxygen atoms in total. The third-order valence-electron chi connectivity index (χ3n) is 6.99. The number of piperidine rings is 1. The van der Waals surface area contributed by atoms with Gasteiger partial charge in [0.1, 0.15) is 0 Å². The van der Waals surface area contributed by atoms with Crippen LogP contribution in [0, 0.1) is 18.3 Å². The molecule has 3 heterocycles. The second-order valence-corrected chi connectivity index (χ2v) is 8.88. The van der Waals surface area contributed by atoms with Crippen LogP contribution in [0.1, 0.15) is 75.5 Å². The highest BCUT2D eigenvalue weighted by Crippen LogP contribution is 2.48. The number of likely N-dealkylation sites (tertiary alicyclic amines) is 2. The lowest BCUT2D eigenvalue weighted by Crippen LogP contribution is -2.44. The van der Waals surface area contributed by atoms with Gasteiger partial charge >= 0.3 is 0 Å². The van der Waals surface area contributed by atoms with Gasteiger partial charge in [0.25, 0.3) is 0 Å². The maximum absolute atomic E-state index is 12.6. The number of aryl methyl sites for hydroxylation is 1. The number of hydrogen-bond acceptors (Lipinski definition) is 5. The van der Waals surface area contributed by atoms with Crippen LogP contribution in [-0.2, 0) is 4.79 Å².